The zero-order chi connectivity index (χ0) is 22.8. The molecule has 32 heavy (non-hydrogen) atoms. The van der Waals surface area contributed by atoms with Gasteiger partial charge in [-0.3, -0.25) is 14.5 Å². The number of ketones is 1. The number of phenols is 1. The molecule has 0 bridgehead atoms. The van der Waals surface area contributed by atoms with Gasteiger partial charge in [0.1, 0.15) is 11.5 Å². The van der Waals surface area contributed by atoms with Gasteiger partial charge in [0.2, 0.25) is 0 Å². The monoisotopic (exact) mass is 431 g/mol. The number of benzene rings is 3. The molecular formula is C25H21NO6. The summed E-state index contributed by atoms with van der Waals surface area (Å²) >= 11 is 0. The number of aromatic hydroxyl groups is 1. The number of ether oxygens (including phenoxy) is 2. The maximum atomic E-state index is 13.1. The maximum Gasteiger partial charge on any atom is 0.300 e. The summed E-state index contributed by atoms with van der Waals surface area (Å²) in [6.07, 6.45) is 0. The molecule has 1 saturated heterocycles. The molecule has 1 amide bonds. The van der Waals surface area contributed by atoms with Crippen LogP contribution in [0.15, 0.2) is 78.4 Å². The van der Waals surface area contributed by atoms with Crippen LogP contribution in [0.4, 0.5) is 5.69 Å². The Kier molecular flexibility index (Phi) is 5.55. The maximum absolute atomic E-state index is 13.1. The second-order valence-corrected chi connectivity index (χ2v) is 7.16. The smallest absolute Gasteiger partial charge is 0.300 e. The van der Waals surface area contributed by atoms with Crippen LogP contribution in [0.25, 0.3) is 5.76 Å². The fraction of sp³-hybridized carbons (Fsp3) is 0.120. The van der Waals surface area contributed by atoms with E-state index in [4.69, 9.17) is 9.47 Å². The van der Waals surface area contributed by atoms with Gasteiger partial charge in [0.25, 0.3) is 11.7 Å². The molecule has 3 aromatic rings. The molecule has 7 nitrogen and oxygen atoms in total. The number of aliphatic hydroxyl groups excluding tert-OH is 1. The zero-order valence-electron chi connectivity index (χ0n) is 17.5. The van der Waals surface area contributed by atoms with Crippen LogP contribution >= 0.6 is 0 Å². The van der Waals surface area contributed by atoms with Crippen LogP contribution < -0.4 is 14.4 Å². The van der Waals surface area contributed by atoms with Crippen LogP contribution in [0.3, 0.4) is 0 Å². The van der Waals surface area contributed by atoms with Gasteiger partial charge in [0.05, 0.1) is 25.8 Å². The van der Waals surface area contributed by atoms with Crippen molar-refractivity contribution >= 4 is 23.1 Å². The number of amides is 1. The Morgan fingerprint density at radius 3 is 2.22 bits per heavy atom. The second-order valence-electron chi connectivity index (χ2n) is 7.16. The number of methoxy groups -OCH3 is 2. The van der Waals surface area contributed by atoms with Crippen molar-refractivity contribution in [1.29, 1.82) is 0 Å². The van der Waals surface area contributed by atoms with E-state index in [1.807, 2.05) is 0 Å². The third-order valence-corrected chi connectivity index (χ3v) is 5.36. The molecule has 0 aromatic heterocycles. The van der Waals surface area contributed by atoms with E-state index < -0.39 is 17.7 Å². The fourth-order valence-corrected chi connectivity index (χ4v) is 3.77. The lowest BCUT2D eigenvalue weighted by molar-refractivity contribution is -0.132. The van der Waals surface area contributed by atoms with Gasteiger partial charge < -0.3 is 19.7 Å². The Hall–Kier alpha value is -4.26. The van der Waals surface area contributed by atoms with Crippen LogP contribution in [0.5, 0.6) is 17.2 Å². The summed E-state index contributed by atoms with van der Waals surface area (Å²) in [6, 6.07) is 18.9. The van der Waals surface area contributed by atoms with Crippen molar-refractivity contribution in [2.45, 2.75) is 6.04 Å². The highest BCUT2D eigenvalue weighted by Crippen LogP contribution is 2.44. The number of aliphatic hydroxyl groups is 1. The van der Waals surface area contributed by atoms with Gasteiger partial charge in [-0.15, -0.1) is 0 Å². The molecule has 3 aromatic carbocycles. The second kappa shape index (κ2) is 8.47. The van der Waals surface area contributed by atoms with E-state index in [9.17, 15) is 19.8 Å². The summed E-state index contributed by atoms with van der Waals surface area (Å²) in [7, 11) is 2.94. The number of hydrogen-bond donors (Lipinski definition) is 2. The third-order valence-electron chi connectivity index (χ3n) is 5.36. The van der Waals surface area contributed by atoms with Gasteiger partial charge in [-0.25, -0.2) is 0 Å². The van der Waals surface area contributed by atoms with Crippen LogP contribution in [0.2, 0.25) is 0 Å². The Morgan fingerprint density at radius 2 is 1.59 bits per heavy atom. The summed E-state index contributed by atoms with van der Waals surface area (Å²) < 4.78 is 10.4. The number of carbonyl (C=O) groups excluding carboxylic acids is 2. The largest absolute Gasteiger partial charge is 0.507 e. The van der Waals surface area contributed by atoms with Gasteiger partial charge in [0, 0.05) is 11.3 Å². The summed E-state index contributed by atoms with van der Waals surface area (Å²) in [5.41, 5.74) is 1.31. The number of hydrogen-bond acceptors (Lipinski definition) is 6. The van der Waals surface area contributed by atoms with Gasteiger partial charge in [0.15, 0.2) is 11.5 Å². The predicted molar refractivity (Wildman–Crippen MR) is 119 cm³/mol. The third kappa shape index (κ3) is 3.54. The normalized spacial score (nSPS) is 17.4. The van der Waals surface area contributed by atoms with Gasteiger partial charge >= 0.3 is 0 Å². The van der Waals surface area contributed by atoms with Crippen molar-refractivity contribution in [2.24, 2.45) is 0 Å². The standard InChI is InChI=1S/C25H21NO6/c1-31-18-11-9-17(10-12-18)26-22(16-8-13-19(27)20(14-16)32-2)21(24(29)25(26)30)23(28)15-6-4-3-5-7-15/h3-14,22,27-28H,1-2H3. The molecule has 7 heteroatoms. The summed E-state index contributed by atoms with van der Waals surface area (Å²) in [4.78, 5) is 27.6. The Morgan fingerprint density at radius 1 is 0.906 bits per heavy atom. The first kappa shape index (κ1) is 21.0. The topological polar surface area (TPSA) is 96.3 Å². The van der Waals surface area contributed by atoms with Crippen LogP contribution in [0.1, 0.15) is 17.2 Å². The van der Waals surface area contributed by atoms with Crippen molar-refractivity contribution in [3.63, 3.8) is 0 Å². The van der Waals surface area contributed by atoms with E-state index in [0.717, 1.165) is 0 Å². The fourth-order valence-electron chi connectivity index (χ4n) is 3.77. The molecule has 0 radical (unpaired) electrons. The molecule has 1 atom stereocenters. The summed E-state index contributed by atoms with van der Waals surface area (Å²) in [5.74, 6) is -1.17. The minimum absolute atomic E-state index is 0.0511. The molecule has 1 heterocycles. The highest BCUT2D eigenvalue weighted by Gasteiger charge is 2.47. The number of Topliss-reactive ketones (excluding diaryl/α,β-unsaturated/α-hetero) is 1. The van der Waals surface area contributed by atoms with Crippen LogP contribution in [0, 0.1) is 0 Å². The number of anilines is 1. The molecule has 1 aliphatic rings. The molecule has 0 saturated carbocycles. The SMILES string of the molecule is COc1ccc(N2C(=O)C(=O)C(=C(O)c3ccccc3)C2c2ccc(O)c(OC)c2)cc1. The molecule has 1 unspecified atom stereocenters. The van der Waals surface area contributed by atoms with E-state index in [-0.39, 0.29) is 22.8 Å². The van der Waals surface area contributed by atoms with E-state index in [1.165, 1.54) is 25.2 Å². The summed E-state index contributed by atoms with van der Waals surface area (Å²) in [6.45, 7) is 0. The number of carbonyl (C=O) groups is 2. The Labute approximate surface area is 184 Å². The van der Waals surface area contributed by atoms with E-state index >= 15 is 0 Å². The number of phenolic OH excluding ortho intramolecular Hbond substituents is 1. The van der Waals surface area contributed by atoms with Gasteiger partial charge in [-0.05, 0) is 42.0 Å². The molecule has 1 fully saturated rings. The van der Waals surface area contributed by atoms with Crippen molar-refractivity contribution in [3.05, 3.63) is 89.5 Å². The Bertz CT molecular complexity index is 1200. The van der Waals surface area contributed by atoms with E-state index in [1.54, 1.807) is 66.7 Å². The van der Waals surface area contributed by atoms with E-state index in [2.05, 4.69) is 0 Å². The number of rotatable bonds is 5. The average Bonchev–Trinajstić information content (AvgIpc) is 3.10. The first-order valence-electron chi connectivity index (χ1n) is 9.83. The van der Waals surface area contributed by atoms with Gasteiger partial charge in [-0.2, -0.15) is 0 Å². The Balaban J connectivity index is 1.95. The first-order valence-corrected chi connectivity index (χ1v) is 9.83. The van der Waals surface area contributed by atoms with Crippen LogP contribution in [-0.4, -0.2) is 36.1 Å². The lowest BCUT2D eigenvalue weighted by atomic mass is 9.95. The summed E-state index contributed by atoms with van der Waals surface area (Å²) in [5, 5.41) is 21.1. The number of nitrogens with zero attached hydrogens (tertiary/aromatic N) is 1. The molecule has 0 spiro atoms. The zero-order valence-corrected chi connectivity index (χ0v) is 17.5. The van der Waals surface area contributed by atoms with Crippen molar-refractivity contribution < 1.29 is 29.3 Å². The lowest BCUT2D eigenvalue weighted by Gasteiger charge is -2.26. The molecule has 162 valence electrons. The molecule has 2 N–H and O–H groups in total. The molecule has 1 aliphatic heterocycles. The van der Waals surface area contributed by atoms with Crippen molar-refractivity contribution in [2.75, 3.05) is 19.1 Å². The van der Waals surface area contributed by atoms with E-state index in [0.29, 0.717) is 22.6 Å². The predicted octanol–water partition coefficient (Wildman–Crippen LogP) is 4.04. The van der Waals surface area contributed by atoms with Crippen molar-refractivity contribution in [3.8, 4) is 17.2 Å². The molecule has 4 rings (SSSR count). The highest BCUT2D eigenvalue weighted by atomic mass is 16.5. The molecule has 0 aliphatic carbocycles. The highest BCUT2D eigenvalue weighted by molar-refractivity contribution is 6.51. The quantitative estimate of drug-likeness (QED) is 0.360. The first-order chi connectivity index (χ1) is 15.5. The lowest BCUT2D eigenvalue weighted by Crippen LogP contribution is -2.29. The molecular weight excluding hydrogens is 410 g/mol. The van der Waals surface area contributed by atoms with Crippen LogP contribution in [-0.2, 0) is 9.59 Å². The van der Waals surface area contributed by atoms with Crippen molar-refractivity contribution in [1.82, 2.24) is 0 Å². The minimum atomic E-state index is -0.932. The average molecular weight is 431 g/mol. The van der Waals surface area contributed by atoms with Gasteiger partial charge in [-0.1, -0.05) is 36.4 Å². The minimum Gasteiger partial charge on any atom is -0.507 e.